The van der Waals surface area contributed by atoms with E-state index in [-0.39, 0.29) is 11.8 Å². The van der Waals surface area contributed by atoms with Gasteiger partial charge < -0.3 is 14.6 Å². The summed E-state index contributed by atoms with van der Waals surface area (Å²) in [5.74, 6) is -0.473. The molecule has 4 heterocycles. The van der Waals surface area contributed by atoms with E-state index in [1.54, 1.807) is 17.9 Å². The van der Waals surface area contributed by atoms with Crippen molar-refractivity contribution in [1.29, 1.82) is 0 Å². The number of fused-ring (bicyclic) bond motifs is 2. The van der Waals surface area contributed by atoms with Crippen molar-refractivity contribution in [2.45, 2.75) is 18.6 Å². The number of nitrogens with one attached hydrogen (secondary N) is 1. The van der Waals surface area contributed by atoms with Crippen molar-refractivity contribution in [2.24, 2.45) is 11.8 Å². The minimum absolute atomic E-state index is 0.159. The molecule has 1 aromatic heterocycles. The highest BCUT2D eigenvalue weighted by molar-refractivity contribution is 6.07. The molecule has 4 atom stereocenters. The molecule has 0 aliphatic carbocycles. The van der Waals surface area contributed by atoms with Gasteiger partial charge in [-0.2, -0.15) is 0 Å². The van der Waals surface area contributed by atoms with E-state index < -0.39 is 23.5 Å². The molecule has 2 fully saturated rings. The second-order valence-electron chi connectivity index (χ2n) is 8.14. The SMILES string of the molecule is Cc1cc(N2C[C@]34C=C[C@@H](O3)[C@H](C(=O)Nc3cccc5ccccc35)[C@H]4C2=O)no1. The highest BCUT2D eigenvalue weighted by Crippen LogP contribution is 2.52. The van der Waals surface area contributed by atoms with Crippen LogP contribution < -0.4 is 10.2 Å². The lowest BCUT2D eigenvalue weighted by Crippen LogP contribution is -2.41. The van der Waals surface area contributed by atoms with Gasteiger partial charge in [-0.1, -0.05) is 53.7 Å². The van der Waals surface area contributed by atoms with Crippen molar-refractivity contribution in [3.63, 3.8) is 0 Å². The van der Waals surface area contributed by atoms with Gasteiger partial charge in [0.15, 0.2) is 5.82 Å². The lowest BCUT2D eigenvalue weighted by Gasteiger charge is -2.23. The molecule has 30 heavy (non-hydrogen) atoms. The maximum absolute atomic E-state index is 13.4. The van der Waals surface area contributed by atoms with Crippen LogP contribution in [0.25, 0.3) is 10.8 Å². The van der Waals surface area contributed by atoms with Crippen LogP contribution in [0, 0.1) is 18.8 Å². The largest absolute Gasteiger partial charge is 0.360 e. The Kier molecular flexibility index (Phi) is 3.50. The molecule has 6 rings (SSSR count). The number of nitrogens with zero attached hydrogens (tertiary/aromatic N) is 2. The molecule has 150 valence electrons. The highest BCUT2D eigenvalue weighted by atomic mass is 16.5. The molecular weight excluding hydrogens is 382 g/mol. The summed E-state index contributed by atoms with van der Waals surface area (Å²) in [5.41, 5.74) is -0.0663. The van der Waals surface area contributed by atoms with Crippen LogP contribution in [0.15, 0.2) is 65.2 Å². The lowest BCUT2D eigenvalue weighted by atomic mass is 9.76. The van der Waals surface area contributed by atoms with Gasteiger partial charge in [0.1, 0.15) is 11.4 Å². The number of aromatic nitrogens is 1. The van der Waals surface area contributed by atoms with Crippen molar-refractivity contribution in [3.05, 3.63) is 66.4 Å². The van der Waals surface area contributed by atoms with Crippen LogP contribution in [0.3, 0.4) is 0 Å². The third-order valence-corrected chi connectivity index (χ3v) is 6.34. The minimum atomic E-state index is -0.796. The van der Waals surface area contributed by atoms with Crippen molar-refractivity contribution in [1.82, 2.24) is 5.16 Å². The lowest BCUT2D eigenvalue weighted by molar-refractivity contribution is -0.128. The quantitative estimate of drug-likeness (QED) is 0.682. The molecule has 2 bridgehead atoms. The Bertz CT molecular complexity index is 1230. The number of anilines is 2. The summed E-state index contributed by atoms with van der Waals surface area (Å²) in [6, 6.07) is 15.4. The van der Waals surface area contributed by atoms with Crippen LogP contribution in [-0.4, -0.2) is 35.2 Å². The van der Waals surface area contributed by atoms with Crippen molar-refractivity contribution in [2.75, 3.05) is 16.8 Å². The van der Waals surface area contributed by atoms with E-state index in [1.807, 2.05) is 54.6 Å². The first-order valence-corrected chi connectivity index (χ1v) is 9.96. The predicted octanol–water partition coefficient (Wildman–Crippen LogP) is 3.06. The first kappa shape index (κ1) is 17.4. The molecule has 1 spiro atoms. The third kappa shape index (κ3) is 2.32. The molecule has 0 unspecified atom stereocenters. The van der Waals surface area contributed by atoms with Gasteiger partial charge in [-0.25, -0.2) is 0 Å². The van der Waals surface area contributed by atoms with Crippen LogP contribution in [0.1, 0.15) is 5.76 Å². The maximum atomic E-state index is 13.4. The van der Waals surface area contributed by atoms with Gasteiger partial charge in [0.25, 0.3) is 0 Å². The number of benzene rings is 2. The summed E-state index contributed by atoms with van der Waals surface area (Å²) in [5, 5.41) is 9.02. The molecule has 2 aromatic carbocycles. The Hall–Kier alpha value is -3.45. The summed E-state index contributed by atoms with van der Waals surface area (Å²) in [6.07, 6.45) is 3.42. The maximum Gasteiger partial charge on any atom is 0.235 e. The molecule has 3 aliphatic rings. The van der Waals surface area contributed by atoms with Crippen molar-refractivity contribution < 1.29 is 18.8 Å². The van der Waals surface area contributed by atoms with Gasteiger partial charge in [0, 0.05) is 17.1 Å². The Balaban J connectivity index is 1.33. The summed E-state index contributed by atoms with van der Waals surface area (Å²) < 4.78 is 11.3. The molecule has 0 radical (unpaired) electrons. The van der Waals surface area contributed by atoms with Crippen molar-refractivity contribution in [3.8, 4) is 0 Å². The van der Waals surface area contributed by atoms with Crippen LogP contribution in [0.2, 0.25) is 0 Å². The van der Waals surface area contributed by atoms with E-state index in [2.05, 4.69) is 10.5 Å². The van der Waals surface area contributed by atoms with Crippen molar-refractivity contribution >= 4 is 34.1 Å². The van der Waals surface area contributed by atoms with Crippen LogP contribution >= 0.6 is 0 Å². The van der Waals surface area contributed by atoms with E-state index in [9.17, 15) is 9.59 Å². The van der Waals surface area contributed by atoms with E-state index in [4.69, 9.17) is 9.26 Å². The van der Waals surface area contributed by atoms with Gasteiger partial charge in [-0.3, -0.25) is 14.5 Å². The van der Waals surface area contributed by atoms with Crippen LogP contribution in [0.4, 0.5) is 11.5 Å². The molecule has 3 aromatic rings. The summed E-state index contributed by atoms with van der Waals surface area (Å²) in [6.45, 7) is 2.10. The average Bonchev–Trinajstić information content (AvgIpc) is 3.49. The van der Waals surface area contributed by atoms with Crippen LogP contribution in [-0.2, 0) is 14.3 Å². The average molecular weight is 401 g/mol. The Morgan fingerprint density at radius 3 is 2.90 bits per heavy atom. The van der Waals surface area contributed by atoms with E-state index in [1.165, 1.54) is 0 Å². The molecule has 7 heteroatoms. The van der Waals surface area contributed by atoms with Gasteiger partial charge in [-0.15, -0.1) is 0 Å². The van der Waals surface area contributed by atoms with Crippen LogP contribution in [0.5, 0.6) is 0 Å². The van der Waals surface area contributed by atoms with Gasteiger partial charge >= 0.3 is 0 Å². The third-order valence-electron chi connectivity index (χ3n) is 6.34. The number of ether oxygens (including phenoxy) is 1. The summed E-state index contributed by atoms with van der Waals surface area (Å²) in [7, 11) is 0. The topological polar surface area (TPSA) is 84.7 Å². The zero-order valence-electron chi connectivity index (χ0n) is 16.2. The monoisotopic (exact) mass is 401 g/mol. The van der Waals surface area contributed by atoms with Gasteiger partial charge in [-0.05, 0) is 18.4 Å². The second-order valence-corrected chi connectivity index (χ2v) is 8.14. The highest BCUT2D eigenvalue weighted by Gasteiger charge is 2.67. The van der Waals surface area contributed by atoms with E-state index >= 15 is 0 Å². The normalized spacial score (nSPS) is 29.0. The zero-order chi connectivity index (χ0) is 20.5. The first-order valence-electron chi connectivity index (χ1n) is 9.96. The summed E-state index contributed by atoms with van der Waals surface area (Å²) >= 11 is 0. The second kappa shape index (κ2) is 6.03. The van der Waals surface area contributed by atoms with E-state index in [0.29, 0.717) is 18.1 Å². The first-order chi connectivity index (χ1) is 14.6. The molecule has 1 N–H and O–H groups in total. The predicted molar refractivity (Wildman–Crippen MR) is 110 cm³/mol. The van der Waals surface area contributed by atoms with Gasteiger partial charge in [0.05, 0.1) is 24.5 Å². The molecule has 7 nitrogen and oxygen atoms in total. The number of hydrogen-bond acceptors (Lipinski definition) is 5. The van der Waals surface area contributed by atoms with Gasteiger partial charge in [0.2, 0.25) is 11.8 Å². The fraction of sp³-hybridized carbons (Fsp3) is 0.261. The fourth-order valence-electron chi connectivity index (χ4n) is 5.02. The molecule has 2 saturated heterocycles. The molecule has 3 aliphatic heterocycles. The number of amides is 2. The number of aryl methyl sites for hydroxylation is 1. The number of carbonyl (C=O) groups is 2. The number of carbonyl (C=O) groups excluding carboxylic acids is 2. The standard InChI is InChI=1S/C23H19N3O4/c1-13-11-18(25-30-13)26-12-23-10-9-17(29-23)19(20(23)22(26)28)21(27)24-16-8-4-6-14-5-2-3-7-15(14)16/h2-11,17,19-20H,12H2,1H3,(H,24,27)/t17-,19+,20+,23+/m1/s1. The Labute approximate surface area is 172 Å². The molecule has 2 amide bonds. The Morgan fingerprint density at radius 2 is 2.07 bits per heavy atom. The molecular formula is C23H19N3O4. The number of hydrogen-bond donors (Lipinski definition) is 1. The minimum Gasteiger partial charge on any atom is -0.360 e. The van der Waals surface area contributed by atoms with E-state index in [0.717, 1.165) is 16.5 Å². The zero-order valence-corrected chi connectivity index (χ0v) is 16.2. The fourth-order valence-corrected chi connectivity index (χ4v) is 5.02. The Morgan fingerprint density at radius 1 is 1.23 bits per heavy atom. The summed E-state index contributed by atoms with van der Waals surface area (Å²) in [4.78, 5) is 28.2. The number of rotatable bonds is 3. The molecule has 0 saturated carbocycles. The smallest absolute Gasteiger partial charge is 0.235 e.